The molecule has 0 spiro atoms. The molecule has 8 heteroatoms. The fourth-order valence-electron chi connectivity index (χ4n) is 1.54. The SMILES string of the molecule is CC(C)Nc1nc2cc(Cl)c(Cl)cc2nc1[N+](=O)[O-]. The van der Waals surface area contributed by atoms with Crippen molar-refractivity contribution < 1.29 is 4.92 Å². The lowest BCUT2D eigenvalue weighted by Crippen LogP contribution is -2.13. The van der Waals surface area contributed by atoms with E-state index >= 15 is 0 Å². The second-order valence-electron chi connectivity index (χ2n) is 4.21. The Labute approximate surface area is 118 Å². The maximum absolute atomic E-state index is 11.0. The van der Waals surface area contributed by atoms with Crippen molar-refractivity contribution in [3.05, 3.63) is 32.3 Å². The summed E-state index contributed by atoms with van der Waals surface area (Å²) in [6.07, 6.45) is 0. The fraction of sp³-hybridized carbons (Fsp3) is 0.273. The molecule has 1 heterocycles. The second kappa shape index (κ2) is 5.14. The molecular formula is C11H10Cl2N4O2. The van der Waals surface area contributed by atoms with Crippen LogP contribution >= 0.6 is 23.2 Å². The smallest absolute Gasteiger partial charge is 0.361 e. The number of fused-ring (bicyclic) bond motifs is 1. The Hall–Kier alpha value is -1.66. The number of nitrogens with one attached hydrogen (secondary N) is 1. The van der Waals surface area contributed by atoms with Gasteiger partial charge in [0.15, 0.2) is 0 Å². The lowest BCUT2D eigenvalue weighted by Gasteiger charge is -2.09. The summed E-state index contributed by atoms with van der Waals surface area (Å²) < 4.78 is 0. The van der Waals surface area contributed by atoms with Crippen LogP contribution in [0, 0.1) is 10.1 Å². The van der Waals surface area contributed by atoms with Crippen LogP contribution in [-0.4, -0.2) is 20.9 Å². The third-order valence-corrected chi connectivity index (χ3v) is 3.01. The monoisotopic (exact) mass is 300 g/mol. The van der Waals surface area contributed by atoms with E-state index in [0.29, 0.717) is 16.1 Å². The van der Waals surface area contributed by atoms with Crippen LogP contribution in [0.15, 0.2) is 12.1 Å². The van der Waals surface area contributed by atoms with Crippen molar-refractivity contribution in [2.75, 3.05) is 5.32 Å². The van der Waals surface area contributed by atoms with Gasteiger partial charge in [-0.15, -0.1) is 0 Å². The molecule has 0 unspecified atom stereocenters. The molecule has 1 aromatic heterocycles. The highest BCUT2D eigenvalue weighted by Crippen LogP contribution is 2.29. The van der Waals surface area contributed by atoms with Gasteiger partial charge in [0, 0.05) is 12.1 Å². The van der Waals surface area contributed by atoms with Gasteiger partial charge in [-0.1, -0.05) is 23.2 Å². The maximum atomic E-state index is 11.0. The molecule has 1 N–H and O–H groups in total. The molecule has 0 radical (unpaired) electrons. The van der Waals surface area contributed by atoms with Crippen LogP contribution in [0.5, 0.6) is 0 Å². The Bertz CT molecular complexity index is 661. The van der Waals surface area contributed by atoms with E-state index in [0.717, 1.165) is 0 Å². The molecule has 0 saturated carbocycles. The minimum absolute atomic E-state index is 0.00628. The van der Waals surface area contributed by atoms with E-state index in [1.807, 2.05) is 13.8 Å². The predicted octanol–water partition coefficient (Wildman–Crippen LogP) is 3.67. The van der Waals surface area contributed by atoms with Crippen LogP contribution in [0.3, 0.4) is 0 Å². The van der Waals surface area contributed by atoms with E-state index < -0.39 is 4.92 Å². The van der Waals surface area contributed by atoms with Crippen molar-refractivity contribution in [3.8, 4) is 0 Å². The number of halogens is 2. The minimum Gasteiger partial charge on any atom is -0.361 e. The van der Waals surface area contributed by atoms with Crippen LogP contribution in [0.25, 0.3) is 11.0 Å². The molecule has 100 valence electrons. The predicted molar refractivity (Wildman–Crippen MR) is 75.0 cm³/mol. The Kier molecular flexibility index (Phi) is 3.73. The van der Waals surface area contributed by atoms with Crippen LogP contribution in [0.4, 0.5) is 11.6 Å². The summed E-state index contributed by atoms with van der Waals surface area (Å²) >= 11 is 11.8. The van der Waals surface area contributed by atoms with Gasteiger partial charge in [-0.2, -0.15) is 0 Å². The first-order chi connectivity index (χ1) is 8.88. The summed E-state index contributed by atoms with van der Waals surface area (Å²) in [5.41, 5.74) is 0.776. The molecule has 0 aliphatic rings. The van der Waals surface area contributed by atoms with Crippen molar-refractivity contribution in [1.82, 2.24) is 9.97 Å². The van der Waals surface area contributed by atoms with Crippen molar-refractivity contribution in [3.63, 3.8) is 0 Å². The van der Waals surface area contributed by atoms with E-state index in [4.69, 9.17) is 23.2 Å². The van der Waals surface area contributed by atoms with Gasteiger partial charge < -0.3 is 15.4 Å². The van der Waals surface area contributed by atoms with Gasteiger partial charge >= 0.3 is 5.82 Å². The van der Waals surface area contributed by atoms with E-state index in [2.05, 4.69) is 15.3 Å². The van der Waals surface area contributed by atoms with Crippen molar-refractivity contribution in [1.29, 1.82) is 0 Å². The molecule has 2 aromatic rings. The van der Waals surface area contributed by atoms with Crippen molar-refractivity contribution in [2.45, 2.75) is 19.9 Å². The normalized spacial score (nSPS) is 11.0. The number of nitrogens with zero attached hydrogens (tertiary/aromatic N) is 3. The molecule has 2 rings (SSSR count). The standard InChI is InChI=1S/C11H10Cl2N4O2/c1-5(2)14-10-11(17(18)19)16-9-4-7(13)6(12)3-8(9)15-10/h3-5H,1-2H3,(H,14,15). The van der Waals surface area contributed by atoms with Gasteiger partial charge in [0.2, 0.25) is 11.3 Å². The number of benzene rings is 1. The van der Waals surface area contributed by atoms with Gasteiger partial charge in [-0.05, 0) is 29.8 Å². The Morgan fingerprint density at radius 1 is 1.21 bits per heavy atom. The maximum Gasteiger partial charge on any atom is 0.407 e. The van der Waals surface area contributed by atoms with E-state index in [9.17, 15) is 10.1 Å². The number of anilines is 1. The molecule has 0 saturated heterocycles. The Balaban J connectivity index is 2.69. The number of hydrogen-bond donors (Lipinski definition) is 1. The third kappa shape index (κ3) is 2.85. The molecule has 6 nitrogen and oxygen atoms in total. The molecule has 0 atom stereocenters. The summed E-state index contributed by atoms with van der Waals surface area (Å²) in [5.74, 6) is -0.217. The highest BCUT2D eigenvalue weighted by Gasteiger charge is 2.21. The van der Waals surface area contributed by atoms with Crippen LogP contribution in [0.2, 0.25) is 10.0 Å². The summed E-state index contributed by atoms with van der Waals surface area (Å²) in [5, 5.41) is 14.5. The first-order valence-corrected chi connectivity index (χ1v) is 6.22. The average molecular weight is 301 g/mol. The number of hydrogen-bond acceptors (Lipinski definition) is 5. The third-order valence-electron chi connectivity index (χ3n) is 2.29. The molecular weight excluding hydrogens is 291 g/mol. The highest BCUT2D eigenvalue weighted by atomic mass is 35.5. The fourth-order valence-corrected chi connectivity index (χ4v) is 1.86. The van der Waals surface area contributed by atoms with Crippen molar-refractivity contribution >= 4 is 45.9 Å². The first kappa shape index (κ1) is 13.8. The summed E-state index contributed by atoms with van der Waals surface area (Å²) in [6.45, 7) is 3.70. The molecule has 19 heavy (non-hydrogen) atoms. The molecule has 0 amide bonds. The topological polar surface area (TPSA) is 81.0 Å². The lowest BCUT2D eigenvalue weighted by molar-refractivity contribution is -0.388. The van der Waals surface area contributed by atoms with Crippen LogP contribution in [0.1, 0.15) is 13.8 Å². The Morgan fingerprint density at radius 3 is 2.21 bits per heavy atom. The van der Waals surface area contributed by atoms with Gasteiger partial charge in [-0.3, -0.25) is 0 Å². The number of nitro groups is 1. The lowest BCUT2D eigenvalue weighted by atomic mass is 10.3. The zero-order valence-electron chi connectivity index (χ0n) is 10.1. The average Bonchev–Trinajstić information content (AvgIpc) is 2.29. The molecule has 0 fully saturated rings. The van der Waals surface area contributed by atoms with Crippen molar-refractivity contribution in [2.24, 2.45) is 0 Å². The summed E-state index contributed by atoms with van der Waals surface area (Å²) in [4.78, 5) is 18.6. The molecule has 1 aromatic carbocycles. The molecule has 0 aliphatic carbocycles. The van der Waals surface area contributed by atoms with E-state index in [-0.39, 0.29) is 22.7 Å². The second-order valence-corrected chi connectivity index (χ2v) is 5.02. The van der Waals surface area contributed by atoms with Crippen LogP contribution < -0.4 is 5.32 Å². The Morgan fingerprint density at radius 2 is 1.74 bits per heavy atom. The molecule has 0 aliphatic heterocycles. The quantitative estimate of drug-likeness (QED) is 0.691. The zero-order valence-corrected chi connectivity index (χ0v) is 11.7. The van der Waals surface area contributed by atoms with Crippen LogP contribution in [-0.2, 0) is 0 Å². The summed E-state index contributed by atoms with van der Waals surface area (Å²) in [7, 11) is 0. The first-order valence-electron chi connectivity index (χ1n) is 5.46. The minimum atomic E-state index is -0.584. The van der Waals surface area contributed by atoms with Gasteiger partial charge in [-0.25, -0.2) is 4.98 Å². The summed E-state index contributed by atoms with van der Waals surface area (Å²) in [6, 6.07) is 2.98. The zero-order chi connectivity index (χ0) is 14.2. The van der Waals surface area contributed by atoms with Gasteiger partial charge in [0.05, 0.1) is 10.0 Å². The highest BCUT2D eigenvalue weighted by molar-refractivity contribution is 6.42. The van der Waals surface area contributed by atoms with Gasteiger partial charge in [0.25, 0.3) is 0 Å². The number of rotatable bonds is 3. The van der Waals surface area contributed by atoms with E-state index in [1.165, 1.54) is 12.1 Å². The molecule has 0 bridgehead atoms. The number of aromatic nitrogens is 2. The van der Waals surface area contributed by atoms with Gasteiger partial charge in [0.1, 0.15) is 5.52 Å². The largest absolute Gasteiger partial charge is 0.407 e. The van der Waals surface area contributed by atoms with E-state index in [1.54, 1.807) is 0 Å².